The lowest BCUT2D eigenvalue weighted by molar-refractivity contribution is 0.252. The van der Waals surface area contributed by atoms with Crippen LogP contribution in [0.3, 0.4) is 0 Å². The van der Waals surface area contributed by atoms with Crippen molar-refractivity contribution in [2.75, 3.05) is 13.1 Å². The lowest BCUT2D eigenvalue weighted by atomic mass is 9.80. The highest BCUT2D eigenvalue weighted by atomic mass is 35.5. The van der Waals surface area contributed by atoms with Gasteiger partial charge in [-0.25, -0.2) is 8.42 Å². The van der Waals surface area contributed by atoms with Gasteiger partial charge in [0.1, 0.15) is 0 Å². The van der Waals surface area contributed by atoms with E-state index in [1.807, 2.05) is 13.0 Å². The van der Waals surface area contributed by atoms with E-state index in [1.54, 1.807) is 16.4 Å². The lowest BCUT2D eigenvalue weighted by Crippen LogP contribution is -2.31. The molecule has 1 aliphatic rings. The van der Waals surface area contributed by atoms with Crippen LogP contribution in [0, 0.1) is 18.3 Å². The molecule has 118 valence electrons. The number of nitrogens with zero attached hydrogens (tertiary/aromatic N) is 1. The minimum atomic E-state index is -3.41. The Kier molecular flexibility index (Phi) is 4.72. The minimum Gasteiger partial charge on any atom is -0.207 e. The van der Waals surface area contributed by atoms with Crippen LogP contribution in [0.2, 0.25) is 0 Å². The highest BCUT2D eigenvalue weighted by Gasteiger charge is 2.37. The number of aryl methyl sites for hydroxylation is 1. The molecule has 1 aliphatic heterocycles. The Hall–Kier alpha value is -0.580. The highest BCUT2D eigenvalue weighted by molar-refractivity contribution is 7.89. The monoisotopic (exact) mass is 329 g/mol. The molecule has 1 aromatic rings. The fourth-order valence-electron chi connectivity index (χ4n) is 2.75. The van der Waals surface area contributed by atoms with Crippen molar-refractivity contribution < 1.29 is 8.42 Å². The molecule has 5 heteroatoms. The van der Waals surface area contributed by atoms with E-state index in [9.17, 15) is 8.42 Å². The van der Waals surface area contributed by atoms with Gasteiger partial charge in [-0.3, -0.25) is 0 Å². The number of benzene rings is 1. The second kappa shape index (κ2) is 5.90. The van der Waals surface area contributed by atoms with Gasteiger partial charge in [0.15, 0.2) is 0 Å². The molecular weight excluding hydrogens is 306 g/mol. The molecule has 2 rings (SSSR count). The number of halogens is 1. The van der Waals surface area contributed by atoms with Crippen LogP contribution in [0.15, 0.2) is 23.1 Å². The SMILES string of the molecule is Cc1ccc(S(=O)(=O)N2CCC(C(C)(C)C)C2)cc1CCl. The van der Waals surface area contributed by atoms with Gasteiger partial charge in [0, 0.05) is 19.0 Å². The average molecular weight is 330 g/mol. The number of hydrogen-bond acceptors (Lipinski definition) is 2. The zero-order valence-electron chi connectivity index (χ0n) is 13.2. The maximum Gasteiger partial charge on any atom is 0.243 e. The first-order valence-corrected chi connectivity index (χ1v) is 9.29. The zero-order chi connectivity index (χ0) is 15.8. The Morgan fingerprint density at radius 1 is 1.33 bits per heavy atom. The zero-order valence-corrected chi connectivity index (χ0v) is 14.8. The molecule has 1 fully saturated rings. The number of sulfonamides is 1. The van der Waals surface area contributed by atoms with Crippen molar-refractivity contribution in [1.82, 2.24) is 4.31 Å². The molecule has 1 saturated heterocycles. The predicted octanol–water partition coefficient (Wildman–Crippen LogP) is 3.79. The Morgan fingerprint density at radius 3 is 2.52 bits per heavy atom. The van der Waals surface area contributed by atoms with Crippen molar-refractivity contribution in [2.24, 2.45) is 11.3 Å². The van der Waals surface area contributed by atoms with Crippen molar-refractivity contribution in [2.45, 2.75) is 44.9 Å². The first-order chi connectivity index (χ1) is 9.66. The van der Waals surface area contributed by atoms with Crippen LogP contribution >= 0.6 is 11.6 Å². The van der Waals surface area contributed by atoms with Crippen molar-refractivity contribution in [1.29, 1.82) is 0 Å². The molecule has 0 aliphatic carbocycles. The Labute approximate surface area is 133 Å². The maximum atomic E-state index is 12.8. The van der Waals surface area contributed by atoms with Gasteiger partial charge in [-0.15, -0.1) is 11.6 Å². The van der Waals surface area contributed by atoms with Crippen molar-refractivity contribution >= 4 is 21.6 Å². The van der Waals surface area contributed by atoms with Gasteiger partial charge in [-0.05, 0) is 47.9 Å². The van der Waals surface area contributed by atoms with E-state index < -0.39 is 10.0 Å². The lowest BCUT2D eigenvalue weighted by Gasteiger charge is -2.27. The Morgan fingerprint density at radius 2 is 2.00 bits per heavy atom. The molecule has 1 aromatic carbocycles. The van der Waals surface area contributed by atoms with Crippen LogP contribution in [0.5, 0.6) is 0 Å². The molecule has 1 unspecified atom stereocenters. The van der Waals surface area contributed by atoms with Gasteiger partial charge in [-0.2, -0.15) is 4.31 Å². The third kappa shape index (κ3) is 3.43. The number of rotatable bonds is 3. The summed E-state index contributed by atoms with van der Waals surface area (Å²) in [5.41, 5.74) is 2.04. The average Bonchev–Trinajstić information content (AvgIpc) is 2.89. The first kappa shape index (κ1) is 16.8. The van der Waals surface area contributed by atoms with E-state index in [-0.39, 0.29) is 5.41 Å². The molecule has 1 atom stereocenters. The maximum absolute atomic E-state index is 12.8. The van der Waals surface area contributed by atoms with Crippen LogP contribution in [0.25, 0.3) is 0 Å². The third-order valence-electron chi connectivity index (χ3n) is 4.48. The van der Waals surface area contributed by atoms with E-state index in [0.717, 1.165) is 17.5 Å². The molecule has 3 nitrogen and oxygen atoms in total. The Bertz CT molecular complexity index is 620. The third-order valence-corrected chi connectivity index (χ3v) is 6.63. The van der Waals surface area contributed by atoms with Gasteiger partial charge >= 0.3 is 0 Å². The van der Waals surface area contributed by atoms with Crippen LogP contribution < -0.4 is 0 Å². The molecule has 1 heterocycles. The topological polar surface area (TPSA) is 37.4 Å². The van der Waals surface area contributed by atoms with E-state index in [1.165, 1.54) is 0 Å². The molecule has 0 radical (unpaired) electrons. The van der Waals surface area contributed by atoms with E-state index >= 15 is 0 Å². The van der Waals surface area contributed by atoms with Gasteiger partial charge < -0.3 is 0 Å². The highest BCUT2D eigenvalue weighted by Crippen LogP contribution is 2.36. The molecule has 0 bridgehead atoms. The van der Waals surface area contributed by atoms with E-state index in [4.69, 9.17) is 11.6 Å². The summed E-state index contributed by atoms with van der Waals surface area (Å²) >= 11 is 5.89. The summed E-state index contributed by atoms with van der Waals surface area (Å²) in [6.07, 6.45) is 0.928. The van der Waals surface area contributed by atoms with Gasteiger partial charge in [0.25, 0.3) is 0 Å². The van der Waals surface area contributed by atoms with Gasteiger partial charge in [0.05, 0.1) is 4.90 Å². The minimum absolute atomic E-state index is 0.138. The fourth-order valence-corrected chi connectivity index (χ4v) is 4.59. The summed E-state index contributed by atoms with van der Waals surface area (Å²) in [5.74, 6) is 0.741. The summed E-state index contributed by atoms with van der Waals surface area (Å²) in [6.45, 7) is 9.67. The Balaban J connectivity index is 2.27. The summed E-state index contributed by atoms with van der Waals surface area (Å²) in [5, 5.41) is 0. The van der Waals surface area contributed by atoms with Crippen LogP contribution in [0.4, 0.5) is 0 Å². The second-order valence-electron chi connectivity index (χ2n) is 6.94. The first-order valence-electron chi connectivity index (χ1n) is 7.32. The molecule has 0 N–H and O–H groups in total. The smallest absolute Gasteiger partial charge is 0.207 e. The fraction of sp³-hybridized carbons (Fsp3) is 0.625. The van der Waals surface area contributed by atoms with Crippen molar-refractivity contribution in [3.05, 3.63) is 29.3 Å². The summed E-state index contributed by atoms with van der Waals surface area (Å²) in [4.78, 5) is 0.360. The largest absolute Gasteiger partial charge is 0.243 e. The predicted molar refractivity (Wildman–Crippen MR) is 87.1 cm³/mol. The van der Waals surface area contributed by atoms with Crippen LogP contribution in [0.1, 0.15) is 38.3 Å². The summed E-state index contributed by atoms with van der Waals surface area (Å²) in [7, 11) is -3.41. The molecule has 0 saturated carbocycles. The molecule has 21 heavy (non-hydrogen) atoms. The summed E-state index contributed by atoms with van der Waals surface area (Å²) < 4.78 is 27.2. The van der Waals surface area contributed by atoms with Crippen molar-refractivity contribution in [3.8, 4) is 0 Å². The molecular formula is C16H24ClNO2S. The van der Waals surface area contributed by atoms with E-state index in [2.05, 4.69) is 20.8 Å². The van der Waals surface area contributed by atoms with Crippen LogP contribution in [-0.4, -0.2) is 25.8 Å². The van der Waals surface area contributed by atoms with Gasteiger partial charge in [0.2, 0.25) is 10.0 Å². The number of hydrogen-bond donors (Lipinski definition) is 0. The van der Waals surface area contributed by atoms with Crippen LogP contribution in [-0.2, 0) is 15.9 Å². The molecule has 0 aromatic heterocycles. The second-order valence-corrected chi connectivity index (χ2v) is 9.14. The normalized spacial score (nSPS) is 20.9. The number of alkyl halides is 1. The van der Waals surface area contributed by atoms with Crippen molar-refractivity contribution in [3.63, 3.8) is 0 Å². The quantitative estimate of drug-likeness (QED) is 0.791. The standard InChI is InChI=1S/C16H24ClNO2S/c1-12-5-6-15(9-13(12)10-17)21(19,20)18-8-7-14(11-18)16(2,3)4/h5-6,9,14H,7-8,10-11H2,1-4H3. The van der Waals surface area contributed by atoms with E-state index in [0.29, 0.717) is 29.8 Å². The molecule has 0 amide bonds. The van der Waals surface area contributed by atoms with Gasteiger partial charge in [-0.1, -0.05) is 26.8 Å². The molecule has 0 spiro atoms. The summed E-state index contributed by atoms with van der Waals surface area (Å²) in [6, 6.07) is 5.23.